The van der Waals surface area contributed by atoms with E-state index in [-0.39, 0.29) is 17.5 Å². The molecule has 0 bridgehead atoms. The van der Waals surface area contributed by atoms with Crippen molar-refractivity contribution in [1.29, 1.82) is 0 Å². The second-order valence-electron chi connectivity index (χ2n) is 3.60. The molecule has 1 N–H and O–H groups in total. The van der Waals surface area contributed by atoms with Crippen LogP contribution in [0, 0.1) is 0 Å². The average molecular weight is 275 g/mol. The molecule has 6 heteroatoms. The normalized spacial score (nSPS) is 9.88. The Morgan fingerprint density at radius 3 is 2.47 bits per heavy atom. The third kappa shape index (κ3) is 3.91. The lowest BCUT2D eigenvalue weighted by molar-refractivity contribution is -0.127. The molecule has 0 heterocycles. The lowest BCUT2D eigenvalue weighted by Gasteiger charge is -2.11. The largest absolute Gasteiger partial charge is 0.347 e. The fourth-order valence-corrected chi connectivity index (χ4v) is 1.58. The van der Waals surface area contributed by atoms with E-state index >= 15 is 0 Å². The second-order valence-corrected chi connectivity index (χ2v) is 4.44. The van der Waals surface area contributed by atoms with E-state index in [0.29, 0.717) is 10.6 Å². The minimum atomic E-state index is -0.401. The van der Waals surface area contributed by atoms with Gasteiger partial charge in [0.2, 0.25) is 5.91 Å². The second kappa shape index (κ2) is 5.89. The van der Waals surface area contributed by atoms with Gasteiger partial charge in [-0.1, -0.05) is 23.2 Å². The molecule has 0 radical (unpaired) electrons. The molecule has 0 atom stereocenters. The molecular weight excluding hydrogens is 263 g/mol. The zero-order chi connectivity index (χ0) is 13.0. The van der Waals surface area contributed by atoms with Crippen LogP contribution < -0.4 is 5.32 Å². The first-order valence-electron chi connectivity index (χ1n) is 4.85. The maximum absolute atomic E-state index is 11.7. The van der Waals surface area contributed by atoms with Crippen molar-refractivity contribution in [2.24, 2.45) is 0 Å². The highest BCUT2D eigenvalue weighted by molar-refractivity contribution is 6.36. The molecule has 0 aliphatic heterocycles. The van der Waals surface area contributed by atoms with Crippen LogP contribution in [0.25, 0.3) is 0 Å². The Kier molecular flexibility index (Phi) is 4.78. The van der Waals surface area contributed by atoms with E-state index in [1.807, 2.05) is 0 Å². The Hall–Kier alpha value is -1.26. The molecule has 0 aliphatic rings. The Bertz CT molecular complexity index is 447. The average Bonchev–Trinajstić information content (AvgIpc) is 2.25. The molecule has 4 nitrogen and oxygen atoms in total. The van der Waals surface area contributed by atoms with Gasteiger partial charge in [-0.05, 0) is 18.2 Å². The van der Waals surface area contributed by atoms with Crippen molar-refractivity contribution in [3.8, 4) is 0 Å². The lowest BCUT2D eigenvalue weighted by Crippen LogP contribution is -2.36. The Morgan fingerprint density at radius 1 is 1.29 bits per heavy atom. The quantitative estimate of drug-likeness (QED) is 0.914. The molecule has 1 aromatic carbocycles. The van der Waals surface area contributed by atoms with Gasteiger partial charge >= 0.3 is 0 Å². The van der Waals surface area contributed by atoms with Crippen LogP contribution in [0.2, 0.25) is 10.0 Å². The minimum absolute atomic E-state index is 0.0647. The molecule has 1 aromatic rings. The van der Waals surface area contributed by atoms with Gasteiger partial charge in [-0.25, -0.2) is 0 Å². The number of nitrogens with zero attached hydrogens (tertiary/aromatic N) is 1. The summed E-state index contributed by atoms with van der Waals surface area (Å²) in [4.78, 5) is 24.4. The third-order valence-corrected chi connectivity index (χ3v) is 2.62. The predicted molar refractivity (Wildman–Crippen MR) is 67.5 cm³/mol. The molecule has 0 aromatic heterocycles. The summed E-state index contributed by atoms with van der Waals surface area (Å²) < 4.78 is 0. The number of carbonyl (C=O) groups is 2. The number of hydrogen-bond acceptors (Lipinski definition) is 2. The first-order valence-corrected chi connectivity index (χ1v) is 5.61. The summed E-state index contributed by atoms with van der Waals surface area (Å²) in [7, 11) is 3.23. The van der Waals surface area contributed by atoms with E-state index in [4.69, 9.17) is 23.2 Å². The van der Waals surface area contributed by atoms with Crippen LogP contribution in [0.15, 0.2) is 18.2 Å². The highest BCUT2D eigenvalue weighted by atomic mass is 35.5. The number of likely N-dealkylation sites (N-methyl/N-ethyl adjacent to an activating group) is 1. The van der Waals surface area contributed by atoms with Crippen molar-refractivity contribution in [2.75, 3.05) is 20.6 Å². The van der Waals surface area contributed by atoms with E-state index in [1.54, 1.807) is 20.2 Å². The van der Waals surface area contributed by atoms with Crippen LogP contribution in [0.1, 0.15) is 10.4 Å². The Morgan fingerprint density at radius 2 is 1.94 bits per heavy atom. The monoisotopic (exact) mass is 274 g/mol. The van der Waals surface area contributed by atoms with Gasteiger partial charge in [0, 0.05) is 19.1 Å². The Balaban J connectivity index is 2.68. The van der Waals surface area contributed by atoms with Gasteiger partial charge in [0.25, 0.3) is 5.91 Å². The summed E-state index contributed by atoms with van der Waals surface area (Å²) >= 11 is 11.6. The molecule has 0 aliphatic carbocycles. The first-order chi connectivity index (χ1) is 7.91. The van der Waals surface area contributed by atoms with Crippen LogP contribution >= 0.6 is 23.2 Å². The molecule has 1 rings (SSSR count). The van der Waals surface area contributed by atoms with Gasteiger partial charge in [0.1, 0.15) is 0 Å². The van der Waals surface area contributed by atoms with Crippen LogP contribution in [0.4, 0.5) is 0 Å². The van der Waals surface area contributed by atoms with Crippen LogP contribution in [-0.2, 0) is 4.79 Å². The summed E-state index contributed by atoms with van der Waals surface area (Å²) in [5, 5.41) is 3.19. The van der Waals surface area contributed by atoms with E-state index in [1.165, 1.54) is 17.0 Å². The molecule has 92 valence electrons. The maximum Gasteiger partial charge on any atom is 0.253 e. The van der Waals surface area contributed by atoms with Crippen molar-refractivity contribution in [3.63, 3.8) is 0 Å². The molecule has 2 amide bonds. The van der Waals surface area contributed by atoms with Crippen LogP contribution in [0.5, 0.6) is 0 Å². The third-order valence-electron chi connectivity index (χ3n) is 2.07. The lowest BCUT2D eigenvalue weighted by atomic mass is 10.2. The standard InChI is InChI=1S/C11H12Cl2N2O2/c1-15(2)10(16)6-14-11(17)8-4-3-7(12)5-9(8)13/h3-5H,6H2,1-2H3,(H,14,17). The van der Waals surface area contributed by atoms with Gasteiger partial charge in [-0.2, -0.15) is 0 Å². The maximum atomic E-state index is 11.7. The molecule has 0 spiro atoms. The SMILES string of the molecule is CN(C)C(=O)CNC(=O)c1ccc(Cl)cc1Cl. The smallest absolute Gasteiger partial charge is 0.253 e. The van der Waals surface area contributed by atoms with Gasteiger partial charge in [0.15, 0.2) is 0 Å². The number of nitrogens with one attached hydrogen (secondary N) is 1. The molecule has 0 unspecified atom stereocenters. The number of carbonyl (C=O) groups excluding carboxylic acids is 2. The van der Waals surface area contributed by atoms with Crippen molar-refractivity contribution in [2.45, 2.75) is 0 Å². The summed E-state index contributed by atoms with van der Waals surface area (Å²) in [6.07, 6.45) is 0. The Labute approximate surface area is 109 Å². The molecule has 0 saturated carbocycles. The first kappa shape index (κ1) is 13.8. The zero-order valence-corrected chi connectivity index (χ0v) is 11.0. The number of amides is 2. The number of benzene rings is 1. The fourth-order valence-electron chi connectivity index (χ4n) is 1.08. The van der Waals surface area contributed by atoms with Gasteiger partial charge in [0.05, 0.1) is 17.1 Å². The predicted octanol–water partition coefficient (Wildman–Crippen LogP) is 1.81. The highest BCUT2D eigenvalue weighted by Gasteiger charge is 2.12. The zero-order valence-electron chi connectivity index (χ0n) is 9.46. The van der Waals surface area contributed by atoms with Gasteiger partial charge in [-0.15, -0.1) is 0 Å². The van der Waals surface area contributed by atoms with E-state index < -0.39 is 5.91 Å². The number of halogens is 2. The molecule has 17 heavy (non-hydrogen) atoms. The molecular formula is C11H12Cl2N2O2. The topological polar surface area (TPSA) is 49.4 Å². The summed E-state index contributed by atoms with van der Waals surface area (Å²) in [5.74, 6) is -0.592. The number of rotatable bonds is 3. The van der Waals surface area contributed by atoms with Crippen molar-refractivity contribution >= 4 is 35.0 Å². The van der Waals surface area contributed by atoms with Crippen molar-refractivity contribution < 1.29 is 9.59 Å². The van der Waals surface area contributed by atoms with Crippen LogP contribution in [0.3, 0.4) is 0 Å². The van der Waals surface area contributed by atoms with Crippen LogP contribution in [-0.4, -0.2) is 37.4 Å². The van der Waals surface area contributed by atoms with E-state index in [0.717, 1.165) is 0 Å². The van der Waals surface area contributed by atoms with Crippen molar-refractivity contribution in [3.05, 3.63) is 33.8 Å². The summed E-state index contributed by atoms with van der Waals surface area (Å²) in [6, 6.07) is 4.56. The molecule has 0 saturated heterocycles. The number of hydrogen-bond donors (Lipinski definition) is 1. The summed E-state index contributed by atoms with van der Waals surface area (Å²) in [6.45, 7) is -0.0647. The van der Waals surface area contributed by atoms with Gasteiger partial charge < -0.3 is 10.2 Å². The molecule has 0 fully saturated rings. The van der Waals surface area contributed by atoms with Crippen molar-refractivity contribution in [1.82, 2.24) is 10.2 Å². The highest BCUT2D eigenvalue weighted by Crippen LogP contribution is 2.20. The van der Waals surface area contributed by atoms with Gasteiger partial charge in [-0.3, -0.25) is 9.59 Å². The van der Waals surface area contributed by atoms with E-state index in [9.17, 15) is 9.59 Å². The minimum Gasteiger partial charge on any atom is -0.347 e. The summed E-state index contributed by atoms with van der Waals surface area (Å²) in [5.41, 5.74) is 0.294. The fraction of sp³-hybridized carbons (Fsp3) is 0.273. The van der Waals surface area contributed by atoms with E-state index in [2.05, 4.69) is 5.32 Å².